The Kier molecular flexibility index (Phi) is 5.25. The van der Waals surface area contributed by atoms with Crippen molar-refractivity contribution in [2.75, 3.05) is 20.6 Å². The summed E-state index contributed by atoms with van der Waals surface area (Å²) in [5, 5.41) is 0. The van der Waals surface area contributed by atoms with Gasteiger partial charge in [0.25, 0.3) is 0 Å². The van der Waals surface area contributed by atoms with Gasteiger partial charge in [-0.3, -0.25) is 0 Å². The number of sulfonamides is 1. The van der Waals surface area contributed by atoms with Gasteiger partial charge in [0.05, 0.1) is 5.75 Å². The third-order valence-corrected chi connectivity index (χ3v) is 6.53. The second-order valence-electron chi connectivity index (χ2n) is 6.38. The summed E-state index contributed by atoms with van der Waals surface area (Å²) < 4.78 is 40.5. The molecule has 1 aromatic rings. The van der Waals surface area contributed by atoms with Gasteiger partial charge in [0.2, 0.25) is 10.0 Å². The molecule has 2 unspecified atom stereocenters. The summed E-state index contributed by atoms with van der Waals surface area (Å²) in [6.45, 7) is 4.77. The van der Waals surface area contributed by atoms with Crippen LogP contribution in [0.2, 0.25) is 0 Å². The fourth-order valence-electron chi connectivity index (χ4n) is 2.89. The molecular formula is C16H25FN2O2S. The number of benzene rings is 1. The number of aryl methyl sites for hydroxylation is 1. The Morgan fingerprint density at radius 2 is 2.09 bits per heavy atom. The van der Waals surface area contributed by atoms with E-state index in [4.69, 9.17) is 0 Å². The number of halogens is 1. The molecule has 6 heteroatoms. The summed E-state index contributed by atoms with van der Waals surface area (Å²) >= 11 is 0. The first-order valence-corrected chi connectivity index (χ1v) is 9.22. The lowest BCUT2D eigenvalue weighted by Crippen LogP contribution is -2.48. The van der Waals surface area contributed by atoms with E-state index >= 15 is 0 Å². The molecule has 0 radical (unpaired) electrons. The van der Waals surface area contributed by atoms with Crippen molar-refractivity contribution in [2.24, 2.45) is 0 Å². The van der Waals surface area contributed by atoms with Crippen LogP contribution in [0.3, 0.4) is 0 Å². The minimum Gasteiger partial charge on any atom is -0.304 e. The van der Waals surface area contributed by atoms with E-state index < -0.39 is 15.8 Å². The smallest absolute Gasteiger partial charge is 0.218 e. The number of likely N-dealkylation sites (tertiary alicyclic amines) is 1. The normalized spacial score (nSPS) is 23.9. The molecule has 1 saturated heterocycles. The van der Waals surface area contributed by atoms with E-state index in [1.165, 1.54) is 10.4 Å². The van der Waals surface area contributed by atoms with Gasteiger partial charge in [-0.1, -0.05) is 12.1 Å². The van der Waals surface area contributed by atoms with Gasteiger partial charge in [-0.2, -0.15) is 0 Å². The second-order valence-corrected chi connectivity index (χ2v) is 8.40. The number of hydrogen-bond donors (Lipinski definition) is 0. The molecule has 22 heavy (non-hydrogen) atoms. The van der Waals surface area contributed by atoms with Gasteiger partial charge in [-0.25, -0.2) is 17.1 Å². The van der Waals surface area contributed by atoms with Gasteiger partial charge in [0, 0.05) is 24.7 Å². The largest absolute Gasteiger partial charge is 0.304 e. The molecule has 1 aromatic carbocycles. The lowest BCUT2D eigenvalue weighted by atomic mass is 9.99. The third kappa shape index (κ3) is 3.86. The third-order valence-electron chi connectivity index (χ3n) is 4.68. The van der Waals surface area contributed by atoms with E-state index in [0.29, 0.717) is 6.04 Å². The maximum absolute atomic E-state index is 13.9. The molecule has 2 rings (SSSR count). The fraction of sp³-hybridized carbons (Fsp3) is 0.625. The Morgan fingerprint density at radius 1 is 1.41 bits per heavy atom. The highest BCUT2D eigenvalue weighted by atomic mass is 32.2. The Labute approximate surface area is 133 Å². The van der Waals surface area contributed by atoms with Crippen molar-refractivity contribution >= 4 is 10.0 Å². The van der Waals surface area contributed by atoms with Crippen molar-refractivity contribution in [2.45, 2.75) is 44.5 Å². The topological polar surface area (TPSA) is 40.6 Å². The number of rotatable bonds is 4. The molecule has 0 amide bonds. The standard InChI is InChI=1S/C16H25FN2O2S/c1-12-5-6-14(16(17)9-12)11-22(20,21)19(4)15-7-8-18(3)13(2)10-15/h5-6,9,13,15H,7-8,10-11H2,1-4H3. The van der Waals surface area contributed by atoms with Crippen LogP contribution in [-0.2, 0) is 15.8 Å². The molecule has 0 aliphatic carbocycles. The molecule has 0 saturated carbocycles. The van der Waals surface area contributed by atoms with Crippen LogP contribution in [0.25, 0.3) is 0 Å². The number of hydrogen-bond acceptors (Lipinski definition) is 3. The lowest BCUT2D eigenvalue weighted by molar-refractivity contribution is 0.142. The zero-order valence-corrected chi connectivity index (χ0v) is 14.5. The quantitative estimate of drug-likeness (QED) is 0.852. The lowest BCUT2D eigenvalue weighted by Gasteiger charge is -2.38. The average Bonchev–Trinajstić information content (AvgIpc) is 2.44. The van der Waals surface area contributed by atoms with Crippen LogP contribution in [0.5, 0.6) is 0 Å². The van der Waals surface area contributed by atoms with Gasteiger partial charge >= 0.3 is 0 Å². The Morgan fingerprint density at radius 3 is 2.68 bits per heavy atom. The summed E-state index contributed by atoms with van der Waals surface area (Å²) in [7, 11) is 0.153. The summed E-state index contributed by atoms with van der Waals surface area (Å²) in [4.78, 5) is 2.23. The summed E-state index contributed by atoms with van der Waals surface area (Å²) in [5.41, 5.74) is 1.02. The van der Waals surface area contributed by atoms with Crippen LogP contribution in [0, 0.1) is 12.7 Å². The monoisotopic (exact) mass is 328 g/mol. The first-order chi connectivity index (χ1) is 10.2. The molecule has 0 bridgehead atoms. The second kappa shape index (κ2) is 6.64. The number of nitrogens with zero attached hydrogens (tertiary/aromatic N) is 2. The number of piperidine rings is 1. The highest BCUT2D eigenvalue weighted by molar-refractivity contribution is 7.88. The first-order valence-electron chi connectivity index (χ1n) is 7.61. The molecule has 124 valence electrons. The van der Waals surface area contributed by atoms with Crippen LogP contribution in [0.1, 0.15) is 30.9 Å². The van der Waals surface area contributed by atoms with Crippen molar-refractivity contribution in [1.82, 2.24) is 9.21 Å². The van der Waals surface area contributed by atoms with E-state index in [-0.39, 0.29) is 17.4 Å². The predicted molar refractivity (Wildman–Crippen MR) is 86.6 cm³/mol. The van der Waals surface area contributed by atoms with Gasteiger partial charge in [-0.15, -0.1) is 0 Å². The molecule has 4 nitrogen and oxygen atoms in total. The van der Waals surface area contributed by atoms with Crippen LogP contribution in [0.4, 0.5) is 4.39 Å². The minimum absolute atomic E-state index is 0.00953. The molecule has 0 N–H and O–H groups in total. The first kappa shape index (κ1) is 17.4. The molecule has 1 aliphatic rings. The van der Waals surface area contributed by atoms with Crippen LogP contribution >= 0.6 is 0 Å². The van der Waals surface area contributed by atoms with Crippen molar-refractivity contribution in [3.05, 3.63) is 35.1 Å². The van der Waals surface area contributed by atoms with E-state index in [1.54, 1.807) is 26.1 Å². The van der Waals surface area contributed by atoms with Crippen LogP contribution in [-0.4, -0.2) is 50.3 Å². The minimum atomic E-state index is -3.51. The average molecular weight is 328 g/mol. The maximum atomic E-state index is 13.9. The zero-order chi connectivity index (χ0) is 16.5. The summed E-state index contributed by atoms with van der Waals surface area (Å²) in [6.07, 6.45) is 1.62. The highest BCUT2D eigenvalue weighted by Gasteiger charge is 2.32. The molecule has 1 fully saturated rings. The van der Waals surface area contributed by atoms with Crippen LogP contribution < -0.4 is 0 Å². The van der Waals surface area contributed by atoms with Gasteiger partial charge in [0.1, 0.15) is 5.82 Å². The summed E-state index contributed by atoms with van der Waals surface area (Å²) in [6, 6.07) is 5.03. The highest BCUT2D eigenvalue weighted by Crippen LogP contribution is 2.24. The predicted octanol–water partition coefficient (Wildman–Crippen LogP) is 2.38. The Bertz CT molecular complexity index is 633. The molecule has 1 heterocycles. The van der Waals surface area contributed by atoms with E-state index in [1.807, 2.05) is 0 Å². The molecule has 1 aliphatic heterocycles. The summed E-state index contributed by atoms with van der Waals surface area (Å²) in [5.74, 6) is -0.732. The van der Waals surface area contributed by atoms with Crippen LogP contribution in [0.15, 0.2) is 18.2 Å². The maximum Gasteiger partial charge on any atom is 0.218 e. The fourth-order valence-corrected chi connectivity index (χ4v) is 4.37. The van der Waals surface area contributed by atoms with Gasteiger partial charge in [0.15, 0.2) is 0 Å². The van der Waals surface area contributed by atoms with Crippen molar-refractivity contribution in [3.63, 3.8) is 0 Å². The molecule has 0 aromatic heterocycles. The van der Waals surface area contributed by atoms with E-state index in [9.17, 15) is 12.8 Å². The van der Waals surface area contributed by atoms with E-state index in [2.05, 4.69) is 18.9 Å². The Balaban J connectivity index is 2.12. The van der Waals surface area contributed by atoms with Crippen molar-refractivity contribution < 1.29 is 12.8 Å². The SMILES string of the molecule is Cc1ccc(CS(=O)(=O)N(C)C2CCN(C)C(C)C2)c(F)c1. The van der Waals surface area contributed by atoms with Gasteiger partial charge < -0.3 is 4.90 Å². The molecule has 2 atom stereocenters. The van der Waals surface area contributed by atoms with Crippen molar-refractivity contribution in [1.29, 1.82) is 0 Å². The van der Waals surface area contributed by atoms with Crippen molar-refractivity contribution in [3.8, 4) is 0 Å². The van der Waals surface area contributed by atoms with Gasteiger partial charge in [-0.05, 0) is 51.9 Å². The zero-order valence-electron chi connectivity index (χ0n) is 13.7. The van der Waals surface area contributed by atoms with E-state index in [0.717, 1.165) is 24.9 Å². The Hall–Kier alpha value is -0.980. The molecular weight excluding hydrogens is 303 g/mol. The molecule has 0 spiro atoms.